The highest BCUT2D eigenvalue weighted by atomic mass is 32.2. The van der Waals surface area contributed by atoms with Crippen LogP contribution in [-0.4, -0.2) is 51.3 Å². The van der Waals surface area contributed by atoms with Crippen LogP contribution in [0.3, 0.4) is 0 Å². The number of allylic oxidation sites excluding steroid dienone is 1. The monoisotopic (exact) mass is 370 g/mol. The Balaban J connectivity index is 2.28. The first-order valence-corrected chi connectivity index (χ1v) is 8.94. The van der Waals surface area contributed by atoms with E-state index in [4.69, 9.17) is 4.74 Å². The van der Waals surface area contributed by atoms with E-state index in [2.05, 4.69) is 5.32 Å². The zero-order valence-corrected chi connectivity index (χ0v) is 14.9. The molecule has 1 heterocycles. The van der Waals surface area contributed by atoms with Gasteiger partial charge in [-0.25, -0.2) is 17.1 Å². The van der Waals surface area contributed by atoms with Crippen molar-refractivity contribution in [2.24, 2.45) is 0 Å². The molecule has 1 aliphatic rings. The third-order valence-electron chi connectivity index (χ3n) is 3.71. The summed E-state index contributed by atoms with van der Waals surface area (Å²) in [6.07, 6.45) is 0. The smallest absolute Gasteiger partial charge is 0.269 e. The molecular formula is C16H19FN2O5S. The number of methoxy groups -OCH3 is 1. The Morgan fingerprint density at radius 1 is 1.32 bits per heavy atom. The minimum Gasteiger partial charge on any atom is -0.383 e. The predicted octanol–water partition coefficient (Wildman–Crippen LogP) is 1.47. The second-order valence-electron chi connectivity index (χ2n) is 5.67. The molecule has 0 fully saturated rings. The lowest BCUT2D eigenvalue weighted by Gasteiger charge is -2.13. The van der Waals surface area contributed by atoms with Gasteiger partial charge in [0.15, 0.2) is 0 Å². The summed E-state index contributed by atoms with van der Waals surface area (Å²) in [6, 6.07) is 3.75. The third kappa shape index (κ3) is 3.72. The lowest BCUT2D eigenvalue weighted by molar-refractivity contribution is 0.0836. The Morgan fingerprint density at radius 3 is 2.60 bits per heavy atom. The van der Waals surface area contributed by atoms with Crippen LogP contribution in [0.15, 0.2) is 34.5 Å². The summed E-state index contributed by atoms with van der Waals surface area (Å²) in [4.78, 5) is 24.1. The van der Waals surface area contributed by atoms with Crippen molar-refractivity contribution in [2.45, 2.75) is 18.7 Å². The summed E-state index contributed by atoms with van der Waals surface area (Å²) in [6.45, 7) is 2.81. The van der Waals surface area contributed by atoms with E-state index in [1.807, 2.05) is 0 Å². The van der Waals surface area contributed by atoms with Crippen molar-refractivity contribution in [3.8, 4) is 0 Å². The van der Waals surface area contributed by atoms with Crippen LogP contribution in [0.1, 0.15) is 34.6 Å². The maximum absolute atomic E-state index is 13.5. The molecule has 0 unspecified atom stereocenters. The van der Waals surface area contributed by atoms with Crippen LogP contribution in [0.25, 0.3) is 0 Å². The molecular weight excluding hydrogens is 351 g/mol. The van der Waals surface area contributed by atoms with Crippen molar-refractivity contribution in [3.63, 3.8) is 0 Å². The van der Waals surface area contributed by atoms with Gasteiger partial charge in [-0.1, -0.05) is 0 Å². The average molecular weight is 370 g/mol. The summed E-state index contributed by atoms with van der Waals surface area (Å²) in [5.74, 6) is -1.75. The second kappa shape index (κ2) is 7.32. The van der Waals surface area contributed by atoms with Gasteiger partial charge in [0, 0.05) is 12.7 Å². The van der Waals surface area contributed by atoms with E-state index < -0.39 is 27.7 Å². The van der Waals surface area contributed by atoms with Crippen molar-refractivity contribution in [1.29, 1.82) is 0 Å². The normalized spacial score (nSPS) is 15.0. The molecule has 25 heavy (non-hydrogen) atoms. The third-order valence-corrected chi connectivity index (χ3v) is 5.54. The molecule has 0 bridgehead atoms. The van der Waals surface area contributed by atoms with E-state index in [-0.39, 0.29) is 35.7 Å². The molecule has 2 rings (SSSR count). The van der Waals surface area contributed by atoms with Crippen molar-refractivity contribution in [3.05, 3.63) is 40.7 Å². The highest BCUT2D eigenvalue weighted by Crippen LogP contribution is 2.30. The molecule has 0 spiro atoms. The molecule has 0 saturated carbocycles. The van der Waals surface area contributed by atoms with Crippen LogP contribution in [0.4, 0.5) is 4.39 Å². The fourth-order valence-electron chi connectivity index (χ4n) is 2.25. The first-order valence-electron chi connectivity index (χ1n) is 7.50. The number of carbonyl (C=O) groups excluding carboxylic acids is 2. The first kappa shape index (κ1) is 19.1. The van der Waals surface area contributed by atoms with Crippen molar-refractivity contribution >= 4 is 21.8 Å². The quantitative estimate of drug-likeness (QED) is 0.819. The number of rotatable bonds is 6. The molecule has 7 nitrogen and oxygen atoms in total. The number of benzene rings is 1. The molecule has 9 heteroatoms. The first-order chi connectivity index (χ1) is 11.7. The number of nitrogens with zero attached hydrogens (tertiary/aromatic N) is 1. The number of halogens is 1. The molecule has 0 saturated heterocycles. The average Bonchev–Trinajstić information content (AvgIpc) is 2.76. The van der Waals surface area contributed by atoms with Gasteiger partial charge in [0.2, 0.25) is 0 Å². The Bertz CT molecular complexity index is 844. The maximum atomic E-state index is 13.5. The van der Waals surface area contributed by atoms with E-state index >= 15 is 0 Å². The predicted molar refractivity (Wildman–Crippen MR) is 88.4 cm³/mol. The number of nitrogens with one attached hydrogen (secondary N) is 1. The molecule has 1 aliphatic heterocycles. The van der Waals surface area contributed by atoms with Crippen molar-refractivity contribution < 1.29 is 27.1 Å². The number of carbonyl (C=O) groups is 2. The van der Waals surface area contributed by atoms with Gasteiger partial charge in [-0.2, -0.15) is 0 Å². The molecule has 2 amide bonds. The van der Waals surface area contributed by atoms with E-state index in [9.17, 15) is 22.4 Å². The highest BCUT2D eigenvalue weighted by molar-refractivity contribution is 7.90. The highest BCUT2D eigenvalue weighted by Gasteiger charge is 2.41. The van der Waals surface area contributed by atoms with Crippen LogP contribution in [0.5, 0.6) is 0 Å². The Hall–Kier alpha value is -2.26. The van der Waals surface area contributed by atoms with Gasteiger partial charge in [-0.3, -0.25) is 9.59 Å². The van der Waals surface area contributed by atoms with Gasteiger partial charge < -0.3 is 10.1 Å². The van der Waals surface area contributed by atoms with Gasteiger partial charge >= 0.3 is 0 Å². The summed E-state index contributed by atoms with van der Waals surface area (Å²) in [5.41, 5.74) is 0.476. The van der Waals surface area contributed by atoms with E-state index in [1.54, 1.807) is 13.8 Å². The lowest BCUT2D eigenvalue weighted by Crippen LogP contribution is -2.33. The van der Waals surface area contributed by atoms with Gasteiger partial charge in [0.1, 0.15) is 10.7 Å². The summed E-state index contributed by atoms with van der Waals surface area (Å²) < 4.78 is 44.0. The van der Waals surface area contributed by atoms with Crippen LogP contribution in [-0.2, 0) is 14.8 Å². The summed E-state index contributed by atoms with van der Waals surface area (Å²) >= 11 is 0. The standard InChI is InChI=1S/C16H19FN2O5S/c1-10(2)13(17)9-18-15(20)11-4-5-12-14(8-11)25(22,23)19(16(12)21)6-7-24-3/h4-5,8H,6-7,9H2,1-3H3,(H,18,20). The summed E-state index contributed by atoms with van der Waals surface area (Å²) in [7, 11) is -2.63. The van der Waals surface area contributed by atoms with Gasteiger partial charge in [0.25, 0.3) is 21.8 Å². The Labute approximate surface area is 145 Å². The molecule has 0 radical (unpaired) electrons. The molecule has 136 valence electrons. The number of sulfonamides is 1. The van der Waals surface area contributed by atoms with Gasteiger partial charge in [-0.05, 0) is 37.6 Å². The van der Waals surface area contributed by atoms with E-state index in [0.29, 0.717) is 9.88 Å². The van der Waals surface area contributed by atoms with Crippen LogP contribution >= 0.6 is 0 Å². The number of hydrogen-bond donors (Lipinski definition) is 1. The molecule has 0 aromatic heterocycles. The minimum absolute atomic E-state index is 0.00290. The minimum atomic E-state index is -4.03. The van der Waals surface area contributed by atoms with Crippen LogP contribution in [0, 0.1) is 0 Å². The topological polar surface area (TPSA) is 92.8 Å². The second-order valence-corrected chi connectivity index (χ2v) is 7.50. The number of hydrogen-bond acceptors (Lipinski definition) is 5. The van der Waals surface area contributed by atoms with Crippen LogP contribution < -0.4 is 5.32 Å². The van der Waals surface area contributed by atoms with Crippen molar-refractivity contribution in [1.82, 2.24) is 9.62 Å². The lowest BCUT2D eigenvalue weighted by atomic mass is 10.1. The molecule has 0 aliphatic carbocycles. The number of amides is 2. The molecule has 0 atom stereocenters. The molecule has 1 N–H and O–H groups in total. The zero-order valence-electron chi connectivity index (χ0n) is 14.1. The van der Waals surface area contributed by atoms with Crippen molar-refractivity contribution in [2.75, 3.05) is 26.8 Å². The fraction of sp³-hybridized carbons (Fsp3) is 0.375. The molecule has 1 aromatic carbocycles. The number of fused-ring (bicyclic) bond motifs is 1. The largest absolute Gasteiger partial charge is 0.383 e. The van der Waals surface area contributed by atoms with Crippen LogP contribution in [0.2, 0.25) is 0 Å². The molecule has 1 aromatic rings. The summed E-state index contributed by atoms with van der Waals surface area (Å²) in [5, 5.41) is 2.37. The van der Waals surface area contributed by atoms with E-state index in [0.717, 1.165) is 6.07 Å². The van der Waals surface area contributed by atoms with Gasteiger partial charge in [0.05, 0.1) is 25.3 Å². The van der Waals surface area contributed by atoms with E-state index in [1.165, 1.54) is 19.2 Å². The maximum Gasteiger partial charge on any atom is 0.269 e. The number of ether oxygens (including phenoxy) is 1. The zero-order chi connectivity index (χ0) is 18.8. The fourth-order valence-corrected chi connectivity index (χ4v) is 3.83. The SMILES string of the molecule is COCCN1C(=O)c2ccc(C(=O)NCC(F)=C(C)C)cc2S1(=O)=O. The van der Waals surface area contributed by atoms with Gasteiger partial charge in [-0.15, -0.1) is 0 Å². The Kier molecular flexibility index (Phi) is 5.58. The Morgan fingerprint density at radius 2 is 2.00 bits per heavy atom.